The van der Waals surface area contributed by atoms with Crippen LogP contribution in [0.1, 0.15) is 10.4 Å². The van der Waals surface area contributed by atoms with Crippen LogP contribution in [0.4, 0.5) is 5.69 Å². The Morgan fingerprint density at radius 3 is 2.64 bits per heavy atom. The fourth-order valence-corrected chi connectivity index (χ4v) is 2.70. The van der Waals surface area contributed by atoms with Crippen molar-refractivity contribution in [3.63, 3.8) is 0 Å². The molecule has 0 unspecified atom stereocenters. The van der Waals surface area contributed by atoms with E-state index in [0.29, 0.717) is 38.9 Å². The third-order valence-electron chi connectivity index (χ3n) is 3.40. The highest BCUT2D eigenvalue weighted by molar-refractivity contribution is 9.10. The maximum absolute atomic E-state index is 12.5. The molecule has 1 amide bonds. The highest BCUT2D eigenvalue weighted by atomic mass is 79.9. The van der Waals surface area contributed by atoms with Crippen molar-refractivity contribution in [2.24, 2.45) is 0 Å². The van der Waals surface area contributed by atoms with Crippen molar-refractivity contribution in [3.8, 4) is 11.5 Å². The van der Waals surface area contributed by atoms with Crippen LogP contribution in [0.25, 0.3) is 0 Å². The molecule has 25 heavy (non-hydrogen) atoms. The number of ether oxygens (including phenoxy) is 2. The molecule has 0 radical (unpaired) electrons. The van der Waals surface area contributed by atoms with Crippen molar-refractivity contribution in [3.05, 3.63) is 51.5 Å². The number of anilines is 1. The minimum atomic E-state index is -0.261. The largest absolute Gasteiger partial charge is 0.497 e. The molecule has 2 rings (SSSR count). The van der Waals surface area contributed by atoms with Crippen molar-refractivity contribution >= 4 is 39.1 Å². The van der Waals surface area contributed by atoms with Crippen molar-refractivity contribution in [2.45, 2.75) is 0 Å². The summed E-state index contributed by atoms with van der Waals surface area (Å²) in [5.74, 6) is 0.934. The van der Waals surface area contributed by atoms with Crippen LogP contribution in [-0.2, 0) is 0 Å². The van der Waals surface area contributed by atoms with Gasteiger partial charge in [0, 0.05) is 16.7 Å². The van der Waals surface area contributed by atoms with Crippen LogP contribution in [0, 0.1) is 0 Å². The Kier molecular flexibility index (Phi) is 7.11. The molecule has 0 spiro atoms. The first-order chi connectivity index (χ1) is 11.9. The van der Waals surface area contributed by atoms with Crippen molar-refractivity contribution in [1.82, 2.24) is 4.90 Å². The summed E-state index contributed by atoms with van der Waals surface area (Å²) in [7, 11) is 5.50. The van der Waals surface area contributed by atoms with E-state index in [4.69, 9.17) is 21.1 Å². The number of benzene rings is 2. The molecular formula is C18H20BrClN2O3. The number of rotatable bonds is 7. The van der Waals surface area contributed by atoms with Gasteiger partial charge in [-0.05, 0) is 66.4 Å². The first-order valence-corrected chi connectivity index (χ1v) is 8.79. The molecule has 0 atom stereocenters. The first-order valence-electron chi connectivity index (χ1n) is 7.62. The van der Waals surface area contributed by atoms with Gasteiger partial charge in [0.05, 0.1) is 17.7 Å². The zero-order chi connectivity index (χ0) is 18.4. The molecule has 7 heteroatoms. The number of amides is 1. The number of carbonyl (C=O) groups excluding carboxylic acids is 1. The van der Waals surface area contributed by atoms with Crippen LogP contribution < -0.4 is 14.8 Å². The second-order valence-electron chi connectivity index (χ2n) is 5.60. The summed E-state index contributed by atoms with van der Waals surface area (Å²) in [5, 5.41) is 3.27. The average molecular weight is 428 g/mol. The fraction of sp³-hybridized carbons (Fsp3) is 0.278. The first kappa shape index (κ1) is 19.6. The third-order valence-corrected chi connectivity index (χ3v) is 4.39. The molecule has 1 N–H and O–H groups in total. The number of likely N-dealkylation sites (N-methyl/N-ethyl adjacent to an activating group) is 1. The number of nitrogens with one attached hydrogen (secondary N) is 1. The van der Waals surface area contributed by atoms with E-state index in [1.165, 1.54) is 0 Å². The summed E-state index contributed by atoms with van der Waals surface area (Å²) in [5.41, 5.74) is 1.06. The lowest BCUT2D eigenvalue weighted by Gasteiger charge is -2.13. The molecular weight excluding hydrogens is 408 g/mol. The number of methoxy groups -OCH3 is 1. The lowest BCUT2D eigenvalue weighted by atomic mass is 10.2. The Bertz CT molecular complexity index is 753. The van der Waals surface area contributed by atoms with Gasteiger partial charge in [0.25, 0.3) is 5.91 Å². The van der Waals surface area contributed by atoms with E-state index in [2.05, 4.69) is 21.2 Å². The topological polar surface area (TPSA) is 50.8 Å². The Hall–Kier alpha value is -1.76. The highest BCUT2D eigenvalue weighted by Gasteiger charge is 2.13. The van der Waals surface area contributed by atoms with Gasteiger partial charge in [-0.2, -0.15) is 0 Å². The van der Waals surface area contributed by atoms with Gasteiger partial charge >= 0.3 is 0 Å². The Morgan fingerprint density at radius 2 is 2.00 bits per heavy atom. The minimum Gasteiger partial charge on any atom is -0.497 e. The van der Waals surface area contributed by atoms with Gasteiger partial charge in [-0.3, -0.25) is 4.79 Å². The molecule has 0 heterocycles. The third kappa shape index (κ3) is 5.63. The van der Waals surface area contributed by atoms with Crippen LogP contribution in [0.3, 0.4) is 0 Å². The van der Waals surface area contributed by atoms with E-state index in [-0.39, 0.29) is 5.91 Å². The summed E-state index contributed by atoms with van der Waals surface area (Å²) in [6.45, 7) is 1.33. The van der Waals surface area contributed by atoms with Gasteiger partial charge in [-0.25, -0.2) is 0 Å². The van der Waals surface area contributed by atoms with Crippen LogP contribution in [0.15, 0.2) is 40.9 Å². The van der Waals surface area contributed by atoms with E-state index in [9.17, 15) is 4.79 Å². The van der Waals surface area contributed by atoms with Crippen molar-refractivity contribution < 1.29 is 14.3 Å². The molecule has 134 valence electrons. The van der Waals surface area contributed by atoms with E-state index in [1.807, 2.05) is 19.0 Å². The smallest absolute Gasteiger partial charge is 0.256 e. The summed E-state index contributed by atoms with van der Waals surface area (Å²) < 4.78 is 11.5. The van der Waals surface area contributed by atoms with Gasteiger partial charge in [0.1, 0.15) is 18.1 Å². The maximum atomic E-state index is 12.5. The van der Waals surface area contributed by atoms with E-state index >= 15 is 0 Å². The molecule has 0 aliphatic carbocycles. The van der Waals surface area contributed by atoms with Crippen molar-refractivity contribution in [1.29, 1.82) is 0 Å². The standard InChI is InChI=1S/C18H20BrClN2O3/c1-22(2)8-9-25-17-7-4-12(10-16(17)20)21-18(23)14-11-13(24-3)5-6-15(14)19/h4-7,10-11H,8-9H2,1-3H3,(H,21,23). The van der Waals surface area contributed by atoms with Gasteiger partial charge in [-0.15, -0.1) is 0 Å². The summed E-state index contributed by atoms with van der Waals surface area (Å²) in [6, 6.07) is 10.4. The summed E-state index contributed by atoms with van der Waals surface area (Å²) >= 11 is 9.61. The van der Waals surface area contributed by atoms with E-state index in [0.717, 1.165) is 6.54 Å². The molecule has 2 aromatic rings. The Labute approximate surface area is 161 Å². The SMILES string of the molecule is COc1ccc(Br)c(C(=O)Nc2ccc(OCCN(C)C)c(Cl)c2)c1. The molecule has 2 aromatic carbocycles. The van der Waals surface area contributed by atoms with E-state index in [1.54, 1.807) is 43.5 Å². The zero-order valence-electron chi connectivity index (χ0n) is 14.3. The van der Waals surface area contributed by atoms with Gasteiger partial charge in [-0.1, -0.05) is 11.6 Å². The molecule has 0 saturated heterocycles. The maximum Gasteiger partial charge on any atom is 0.256 e. The molecule has 0 bridgehead atoms. The lowest BCUT2D eigenvalue weighted by molar-refractivity contribution is 0.102. The lowest BCUT2D eigenvalue weighted by Crippen LogP contribution is -2.19. The number of halogens is 2. The molecule has 0 fully saturated rings. The van der Waals surface area contributed by atoms with Gasteiger partial charge in [0.2, 0.25) is 0 Å². The van der Waals surface area contributed by atoms with Crippen LogP contribution >= 0.6 is 27.5 Å². The summed E-state index contributed by atoms with van der Waals surface area (Å²) in [6.07, 6.45) is 0. The number of carbonyl (C=O) groups is 1. The predicted molar refractivity (Wildman–Crippen MR) is 104 cm³/mol. The Balaban J connectivity index is 2.07. The quantitative estimate of drug-likeness (QED) is 0.715. The van der Waals surface area contributed by atoms with Crippen LogP contribution in [0.2, 0.25) is 5.02 Å². The molecule has 0 saturated carbocycles. The summed E-state index contributed by atoms with van der Waals surface area (Å²) in [4.78, 5) is 14.5. The molecule has 5 nitrogen and oxygen atoms in total. The van der Waals surface area contributed by atoms with E-state index < -0.39 is 0 Å². The monoisotopic (exact) mass is 426 g/mol. The molecule has 0 aromatic heterocycles. The second kappa shape index (κ2) is 9.08. The van der Waals surface area contributed by atoms with Crippen molar-refractivity contribution in [2.75, 3.05) is 39.7 Å². The highest BCUT2D eigenvalue weighted by Crippen LogP contribution is 2.29. The Morgan fingerprint density at radius 1 is 1.24 bits per heavy atom. The normalized spacial score (nSPS) is 10.6. The van der Waals surface area contributed by atoms with Gasteiger partial charge in [0.15, 0.2) is 0 Å². The van der Waals surface area contributed by atoms with Crippen LogP contribution in [0.5, 0.6) is 11.5 Å². The number of hydrogen-bond acceptors (Lipinski definition) is 4. The number of nitrogens with zero attached hydrogens (tertiary/aromatic N) is 1. The molecule has 0 aliphatic heterocycles. The molecule has 0 aliphatic rings. The average Bonchev–Trinajstić information content (AvgIpc) is 2.57. The number of hydrogen-bond donors (Lipinski definition) is 1. The predicted octanol–water partition coefficient (Wildman–Crippen LogP) is 4.30. The zero-order valence-corrected chi connectivity index (χ0v) is 16.6. The second-order valence-corrected chi connectivity index (χ2v) is 6.86. The van der Waals surface area contributed by atoms with Crippen LogP contribution in [-0.4, -0.2) is 45.2 Å². The fourth-order valence-electron chi connectivity index (χ4n) is 2.04. The van der Waals surface area contributed by atoms with Gasteiger partial charge < -0.3 is 19.7 Å². The minimum absolute atomic E-state index is 0.261.